The van der Waals surface area contributed by atoms with Gasteiger partial charge in [0.15, 0.2) is 0 Å². The summed E-state index contributed by atoms with van der Waals surface area (Å²) in [6.07, 6.45) is 6.80. The van der Waals surface area contributed by atoms with Crippen molar-refractivity contribution in [3.63, 3.8) is 0 Å². The summed E-state index contributed by atoms with van der Waals surface area (Å²) < 4.78 is 0. The minimum Gasteiger partial charge on any atom is -0.330 e. The maximum absolute atomic E-state index is 5.54. The van der Waals surface area contributed by atoms with Gasteiger partial charge in [-0.2, -0.15) is 0 Å². The van der Waals surface area contributed by atoms with Crippen LogP contribution >= 0.6 is 0 Å². The molecule has 0 aromatic heterocycles. The van der Waals surface area contributed by atoms with Crippen LogP contribution in [0.3, 0.4) is 0 Å². The van der Waals surface area contributed by atoms with E-state index in [-0.39, 0.29) is 0 Å². The third kappa shape index (κ3) is 5.28. The summed E-state index contributed by atoms with van der Waals surface area (Å²) in [6, 6.07) is 17.8. The molecule has 0 bridgehead atoms. The molecule has 2 heteroatoms. The van der Waals surface area contributed by atoms with Crippen molar-refractivity contribution in [1.29, 1.82) is 0 Å². The lowest BCUT2D eigenvalue weighted by Crippen LogP contribution is -1.99. The Morgan fingerprint density at radius 2 is 0.864 bits per heavy atom. The van der Waals surface area contributed by atoms with Crippen molar-refractivity contribution in [3.8, 4) is 11.1 Å². The molecule has 0 amide bonds. The monoisotopic (exact) mass is 296 g/mol. The molecule has 0 fully saturated rings. The molecule has 0 aliphatic rings. The van der Waals surface area contributed by atoms with Gasteiger partial charge in [0.1, 0.15) is 0 Å². The Balaban J connectivity index is 1.93. The lowest BCUT2D eigenvalue weighted by molar-refractivity contribution is 0.744. The predicted octanol–water partition coefficient (Wildman–Crippen LogP) is 3.92. The topological polar surface area (TPSA) is 52.0 Å². The largest absolute Gasteiger partial charge is 0.330 e. The number of benzene rings is 2. The number of aryl methyl sites for hydroxylation is 2. The number of hydrogen-bond acceptors (Lipinski definition) is 2. The van der Waals surface area contributed by atoms with Gasteiger partial charge >= 0.3 is 0 Å². The van der Waals surface area contributed by atoms with Crippen LogP contribution in [0.15, 0.2) is 48.5 Å². The molecule has 2 aromatic carbocycles. The third-order valence-corrected chi connectivity index (χ3v) is 4.08. The normalized spacial score (nSPS) is 10.8. The smallest absolute Gasteiger partial charge is 0.00772 e. The quantitative estimate of drug-likeness (QED) is 0.689. The zero-order chi connectivity index (χ0) is 15.6. The van der Waals surface area contributed by atoms with E-state index in [4.69, 9.17) is 11.5 Å². The van der Waals surface area contributed by atoms with Crippen LogP contribution in [0.5, 0.6) is 0 Å². The first-order valence-electron chi connectivity index (χ1n) is 8.42. The fourth-order valence-electron chi connectivity index (χ4n) is 2.67. The van der Waals surface area contributed by atoms with E-state index in [1.54, 1.807) is 0 Å². The van der Waals surface area contributed by atoms with Crippen LogP contribution in [-0.2, 0) is 12.8 Å². The lowest BCUT2D eigenvalue weighted by atomic mass is 9.99. The van der Waals surface area contributed by atoms with E-state index in [9.17, 15) is 0 Å². The molecule has 0 spiro atoms. The van der Waals surface area contributed by atoms with E-state index >= 15 is 0 Å². The molecule has 0 saturated carbocycles. The summed E-state index contributed by atoms with van der Waals surface area (Å²) >= 11 is 0. The van der Waals surface area contributed by atoms with E-state index < -0.39 is 0 Å². The maximum atomic E-state index is 5.54. The highest BCUT2D eigenvalue weighted by atomic mass is 14.5. The van der Waals surface area contributed by atoms with E-state index in [0.717, 1.165) is 38.8 Å². The van der Waals surface area contributed by atoms with Gasteiger partial charge in [0.05, 0.1) is 0 Å². The average molecular weight is 296 g/mol. The highest BCUT2D eigenvalue weighted by Gasteiger charge is 2.00. The second-order valence-electron chi connectivity index (χ2n) is 5.89. The second kappa shape index (κ2) is 9.39. The van der Waals surface area contributed by atoms with Crippen LogP contribution in [0.2, 0.25) is 0 Å². The number of hydrogen-bond donors (Lipinski definition) is 2. The van der Waals surface area contributed by atoms with Gasteiger partial charge in [0.2, 0.25) is 0 Å². The zero-order valence-electron chi connectivity index (χ0n) is 13.4. The first-order valence-corrected chi connectivity index (χ1v) is 8.42. The maximum Gasteiger partial charge on any atom is -0.00772 e. The van der Waals surface area contributed by atoms with Crippen molar-refractivity contribution < 1.29 is 0 Å². The van der Waals surface area contributed by atoms with Gasteiger partial charge in [0.25, 0.3) is 0 Å². The summed E-state index contributed by atoms with van der Waals surface area (Å²) in [5, 5.41) is 0. The fraction of sp³-hybridized carbons (Fsp3) is 0.400. The van der Waals surface area contributed by atoms with Crippen LogP contribution in [-0.4, -0.2) is 13.1 Å². The van der Waals surface area contributed by atoms with Crippen LogP contribution < -0.4 is 11.5 Å². The van der Waals surface area contributed by atoms with Crippen LogP contribution in [0.25, 0.3) is 11.1 Å². The van der Waals surface area contributed by atoms with Crippen LogP contribution in [0.4, 0.5) is 0 Å². The zero-order valence-corrected chi connectivity index (χ0v) is 13.4. The van der Waals surface area contributed by atoms with Gasteiger partial charge in [-0.1, -0.05) is 48.5 Å². The second-order valence-corrected chi connectivity index (χ2v) is 5.89. The fourth-order valence-corrected chi connectivity index (χ4v) is 2.67. The van der Waals surface area contributed by atoms with Crippen molar-refractivity contribution in [2.45, 2.75) is 38.5 Å². The summed E-state index contributed by atoms with van der Waals surface area (Å²) in [4.78, 5) is 0. The Hall–Kier alpha value is -1.64. The number of nitrogens with two attached hydrogens (primary N) is 2. The highest BCUT2D eigenvalue weighted by Crippen LogP contribution is 2.21. The standard InChI is InChI=1S/C20H28N2/c21-15-3-1-5-17-7-11-19(12-8-17)20-13-9-18(10-14-20)6-2-4-16-22/h7-14H,1-6,15-16,21-22H2. The Morgan fingerprint density at radius 1 is 0.500 bits per heavy atom. The summed E-state index contributed by atoms with van der Waals surface area (Å²) in [5.74, 6) is 0. The molecular weight excluding hydrogens is 268 g/mol. The van der Waals surface area contributed by atoms with Crippen molar-refractivity contribution in [3.05, 3.63) is 59.7 Å². The third-order valence-electron chi connectivity index (χ3n) is 4.08. The van der Waals surface area contributed by atoms with Crippen molar-refractivity contribution in [2.24, 2.45) is 11.5 Å². The minimum atomic E-state index is 0.787. The molecule has 118 valence electrons. The molecule has 2 nitrogen and oxygen atoms in total. The molecule has 4 N–H and O–H groups in total. The molecule has 0 aliphatic carbocycles. The molecule has 0 unspecified atom stereocenters. The Labute approximate surface area is 134 Å². The Morgan fingerprint density at radius 3 is 1.18 bits per heavy atom. The molecular formula is C20H28N2. The van der Waals surface area contributed by atoms with Gasteiger partial charge in [-0.05, 0) is 73.9 Å². The van der Waals surface area contributed by atoms with Crippen molar-refractivity contribution in [2.75, 3.05) is 13.1 Å². The van der Waals surface area contributed by atoms with Gasteiger partial charge in [-0.3, -0.25) is 0 Å². The van der Waals surface area contributed by atoms with Crippen LogP contribution in [0.1, 0.15) is 36.8 Å². The molecule has 22 heavy (non-hydrogen) atoms. The van der Waals surface area contributed by atoms with Crippen molar-refractivity contribution in [1.82, 2.24) is 0 Å². The summed E-state index contributed by atoms with van der Waals surface area (Å²) in [6.45, 7) is 1.57. The van der Waals surface area contributed by atoms with E-state index in [1.807, 2.05) is 0 Å². The molecule has 2 rings (SSSR count). The first kappa shape index (κ1) is 16.7. The molecule has 0 aliphatic heterocycles. The molecule has 0 saturated heterocycles. The Bertz CT molecular complexity index is 477. The van der Waals surface area contributed by atoms with E-state index in [1.165, 1.54) is 35.1 Å². The first-order chi connectivity index (χ1) is 10.8. The van der Waals surface area contributed by atoms with Gasteiger partial charge < -0.3 is 11.5 Å². The molecule has 0 atom stereocenters. The summed E-state index contributed by atoms with van der Waals surface area (Å²) in [7, 11) is 0. The average Bonchev–Trinajstić information content (AvgIpc) is 2.57. The van der Waals surface area contributed by atoms with E-state index in [2.05, 4.69) is 48.5 Å². The Kier molecular flexibility index (Phi) is 7.14. The SMILES string of the molecule is NCCCCc1ccc(-c2ccc(CCCCN)cc2)cc1. The lowest BCUT2D eigenvalue weighted by Gasteiger charge is -2.06. The highest BCUT2D eigenvalue weighted by molar-refractivity contribution is 5.63. The molecule has 2 aromatic rings. The number of rotatable bonds is 9. The van der Waals surface area contributed by atoms with Gasteiger partial charge in [-0.25, -0.2) is 0 Å². The predicted molar refractivity (Wildman–Crippen MR) is 95.9 cm³/mol. The van der Waals surface area contributed by atoms with E-state index in [0.29, 0.717) is 0 Å². The number of unbranched alkanes of at least 4 members (excludes halogenated alkanes) is 2. The minimum absolute atomic E-state index is 0.787. The summed E-state index contributed by atoms with van der Waals surface area (Å²) in [5.41, 5.74) is 16.4. The van der Waals surface area contributed by atoms with Gasteiger partial charge in [-0.15, -0.1) is 0 Å². The van der Waals surface area contributed by atoms with Crippen LogP contribution in [0, 0.1) is 0 Å². The van der Waals surface area contributed by atoms with Gasteiger partial charge in [0, 0.05) is 0 Å². The molecule has 0 radical (unpaired) electrons. The molecule has 0 heterocycles. The van der Waals surface area contributed by atoms with Crippen molar-refractivity contribution >= 4 is 0 Å².